The standard InChI is InChI=1S/C15H21NO4/c1-20-9-5-10(15(18)19)16(6-9)14(17)13-11-7-2-3-8(4-7)12(11)13/h7-13H,2-6H2,1H3,(H,18,19). The number of carbonyl (C=O) groups is 2. The first-order valence-electron chi connectivity index (χ1n) is 7.68. The summed E-state index contributed by atoms with van der Waals surface area (Å²) in [6.07, 6.45) is 4.15. The van der Waals surface area contributed by atoms with E-state index in [0.29, 0.717) is 24.8 Å². The number of methoxy groups -OCH3 is 1. The first-order chi connectivity index (χ1) is 9.61. The Balaban J connectivity index is 1.50. The predicted octanol–water partition coefficient (Wildman–Crippen LogP) is 0.979. The van der Waals surface area contributed by atoms with Crippen molar-refractivity contribution in [3.63, 3.8) is 0 Å². The van der Waals surface area contributed by atoms with Gasteiger partial charge in [0.2, 0.25) is 5.91 Å². The van der Waals surface area contributed by atoms with E-state index in [4.69, 9.17) is 4.74 Å². The van der Waals surface area contributed by atoms with Crippen molar-refractivity contribution >= 4 is 11.9 Å². The molecule has 1 N–H and O–H groups in total. The summed E-state index contributed by atoms with van der Waals surface area (Å²) in [5.74, 6) is 1.93. The molecule has 0 aromatic rings. The number of amides is 1. The molecule has 1 amide bonds. The van der Waals surface area contributed by atoms with Crippen LogP contribution in [0.2, 0.25) is 0 Å². The molecule has 6 atom stereocenters. The quantitative estimate of drug-likeness (QED) is 0.836. The van der Waals surface area contributed by atoms with E-state index >= 15 is 0 Å². The number of hydrogen-bond donors (Lipinski definition) is 1. The first kappa shape index (κ1) is 12.6. The normalized spacial score (nSPS) is 48.5. The van der Waals surface area contributed by atoms with Gasteiger partial charge in [-0.15, -0.1) is 0 Å². The van der Waals surface area contributed by atoms with Gasteiger partial charge in [0.15, 0.2) is 0 Å². The number of carbonyl (C=O) groups excluding carboxylic acids is 1. The van der Waals surface area contributed by atoms with Gasteiger partial charge in [-0.3, -0.25) is 4.79 Å². The van der Waals surface area contributed by atoms with E-state index in [1.807, 2.05) is 0 Å². The van der Waals surface area contributed by atoms with Gasteiger partial charge >= 0.3 is 5.97 Å². The second-order valence-corrected chi connectivity index (χ2v) is 6.95. The highest BCUT2D eigenvalue weighted by Crippen LogP contribution is 2.69. The largest absolute Gasteiger partial charge is 0.480 e. The minimum Gasteiger partial charge on any atom is -0.480 e. The number of carboxylic acids is 1. The Morgan fingerprint density at radius 1 is 1.15 bits per heavy atom. The third kappa shape index (κ3) is 1.59. The molecule has 4 aliphatic rings. The van der Waals surface area contributed by atoms with Crippen LogP contribution in [0.5, 0.6) is 0 Å². The summed E-state index contributed by atoms with van der Waals surface area (Å²) in [5.41, 5.74) is 0. The van der Waals surface area contributed by atoms with E-state index in [9.17, 15) is 14.7 Å². The van der Waals surface area contributed by atoms with Crippen LogP contribution in [-0.4, -0.2) is 47.7 Å². The van der Waals surface area contributed by atoms with Gasteiger partial charge in [0.1, 0.15) is 6.04 Å². The van der Waals surface area contributed by atoms with Crippen molar-refractivity contribution in [3.8, 4) is 0 Å². The van der Waals surface area contributed by atoms with Crippen LogP contribution >= 0.6 is 0 Å². The van der Waals surface area contributed by atoms with Crippen molar-refractivity contribution in [2.75, 3.05) is 13.7 Å². The fraction of sp³-hybridized carbons (Fsp3) is 0.867. The summed E-state index contributed by atoms with van der Waals surface area (Å²) in [6, 6.07) is -0.688. The Kier molecular flexibility index (Phi) is 2.65. The van der Waals surface area contributed by atoms with Gasteiger partial charge in [-0.25, -0.2) is 4.79 Å². The fourth-order valence-corrected chi connectivity index (χ4v) is 5.29. The maximum absolute atomic E-state index is 12.7. The summed E-state index contributed by atoms with van der Waals surface area (Å²) in [5, 5.41) is 9.32. The van der Waals surface area contributed by atoms with E-state index in [0.717, 1.165) is 11.8 Å². The minimum absolute atomic E-state index is 0.0866. The average molecular weight is 279 g/mol. The van der Waals surface area contributed by atoms with Crippen LogP contribution in [0.15, 0.2) is 0 Å². The second-order valence-electron chi connectivity index (χ2n) is 6.95. The monoisotopic (exact) mass is 279 g/mol. The average Bonchev–Trinajstić information content (AvgIpc) is 2.83. The van der Waals surface area contributed by atoms with E-state index in [1.54, 1.807) is 12.0 Å². The van der Waals surface area contributed by atoms with Crippen molar-refractivity contribution in [2.24, 2.45) is 29.6 Å². The number of carboxylic acid groups (broad SMARTS) is 1. The van der Waals surface area contributed by atoms with E-state index in [2.05, 4.69) is 0 Å². The maximum atomic E-state index is 12.7. The third-order valence-electron chi connectivity index (χ3n) is 6.18. The highest BCUT2D eigenvalue weighted by atomic mass is 16.5. The maximum Gasteiger partial charge on any atom is 0.326 e. The summed E-state index contributed by atoms with van der Waals surface area (Å²) in [4.78, 5) is 25.7. The number of ether oxygens (including phenoxy) is 1. The lowest BCUT2D eigenvalue weighted by Crippen LogP contribution is -2.42. The smallest absolute Gasteiger partial charge is 0.326 e. The van der Waals surface area contributed by atoms with Gasteiger partial charge in [0.05, 0.1) is 6.10 Å². The molecule has 5 nitrogen and oxygen atoms in total. The Labute approximate surface area is 118 Å². The zero-order valence-corrected chi connectivity index (χ0v) is 11.7. The van der Waals surface area contributed by atoms with Crippen LogP contribution in [-0.2, 0) is 14.3 Å². The predicted molar refractivity (Wildman–Crippen MR) is 69.9 cm³/mol. The van der Waals surface area contributed by atoms with Crippen LogP contribution in [0.25, 0.3) is 0 Å². The van der Waals surface area contributed by atoms with Crippen molar-refractivity contribution in [1.82, 2.24) is 4.90 Å². The van der Waals surface area contributed by atoms with Crippen LogP contribution in [0.1, 0.15) is 25.7 Å². The first-order valence-corrected chi connectivity index (χ1v) is 7.68. The van der Waals surface area contributed by atoms with Crippen molar-refractivity contribution in [1.29, 1.82) is 0 Å². The number of likely N-dealkylation sites (tertiary alicyclic amines) is 1. The molecule has 0 spiro atoms. The molecule has 1 heterocycles. The van der Waals surface area contributed by atoms with Crippen LogP contribution < -0.4 is 0 Å². The summed E-state index contributed by atoms with van der Waals surface area (Å²) in [6.45, 7) is 0.442. The molecular weight excluding hydrogens is 258 g/mol. The van der Waals surface area contributed by atoms with E-state index in [1.165, 1.54) is 19.3 Å². The van der Waals surface area contributed by atoms with E-state index < -0.39 is 12.0 Å². The highest BCUT2D eigenvalue weighted by molar-refractivity contribution is 5.88. The molecule has 110 valence electrons. The fourth-order valence-electron chi connectivity index (χ4n) is 5.29. The van der Waals surface area contributed by atoms with Gasteiger partial charge in [-0.1, -0.05) is 0 Å². The molecule has 0 aromatic heterocycles. The Hall–Kier alpha value is -1.10. The lowest BCUT2D eigenvalue weighted by atomic mass is 10.0. The lowest BCUT2D eigenvalue weighted by molar-refractivity contribution is -0.149. The zero-order valence-electron chi connectivity index (χ0n) is 11.7. The Morgan fingerprint density at radius 3 is 2.35 bits per heavy atom. The number of rotatable bonds is 3. The van der Waals surface area contributed by atoms with Crippen molar-refractivity contribution in [2.45, 2.75) is 37.8 Å². The molecule has 2 bridgehead atoms. The molecule has 4 fully saturated rings. The molecule has 6 unspecified atom stereocenters. The SMILES string of the molecule is COC1CC(C(=O)O)N(C(=O)C2C3C4CCC(C4)C23)C1. The lowest BCUT2D eigenvalue weighted by Gasteiger charge is -2.22. The highest BCUT2D eigenvalue weighted by Gasteiger charge is 2.68. The van der Waals surface area contributed by atoms with E-state index in [-0.39, 0.29) is 17.9 Å². The number of hydrogen-bond acceptors (Lipinski definition) is 3. The van der Waals surface area contributed by atoms with Gasteiger partial charge in [0, 0.05) is 26.0 Å². The number of aliphatic carboxylic acids is 1. The molecule has 3 aliphatic carbocycles. The summed E-state index contributed by atoms with van der Waals surface area (Å²) < 4.78 is 5.26. The third-order valence-corrected chi connectivity index (χ3v) is 6.18. The molecule has 1 aliphatic heterocycles. The summed E-state index contributed by atoms with van der Waals surface area (Å²) >= 11 is 0. The van der Waals surface area contributed by atoms with Gasteiger partial charge < -0.3 is 14.7 Å². The van der Waals surface area contributed by atoms with Crippen molar-refractivity contribution in [3.05, 3.63) is 0 Å². The Bertz CT molecular complexity index is 449. The zero-order chi connectivity index (χ0) is 14.0. The molecule has 3 saturated carbocycles. The van der Waals surface area contributed by atoms with Gasteiger partial charge in [-0.05, 0) is 42.9 Å². The van der Waals surface area contributed by atoms with Crippen LogP contribution in [0.4, 0.5) is 0 Å². The van der Waals surface area contributed by atoms with Gasteiger partial charge in [0.25, 0.3) is 0 Å². The molecule has 4 rings (SSSR count). The van der Waals surface area contributed by atoms with Crippen LogP contribution in [0.3, 0.4) is 0 Å². The topological polar surface area (TPSA) is 66.8 Å². The molecular formula is C15H21NO4. The number of fused-ring (bicyclic) bond motifs is 5. The minimum atomic E-state index is -0.897. The Morgan fingerprint density at radius 2 is 1.80 bits per heavy atom. The number of nitrogens with zero attached hydrogens (tertiary/aromatic N) is 1. The second kappa shape index (κ2) is 4.20. The molecule has 0 radical (unpaired) electrons. The molecule has 20 heavy (non-hydrogen) atoms. The summed E-state index contributed by atoms with van der Waals surface area (Å²) in [7, 11) is 1.59. The molecule has 1 saturated heterocycles. The van der Waals surface area contributed by atoms with Crippen LogP contribution in [0, 0.1) is 29.6 Å². The molecule has 0 aromatic carbocycles. The van der Waals surface area contributed by atoms with Gasteiger partial charge in [-0.2, -0.15) is 0 Å². The molecule has 5 heteroatoms. The van der Waals surface area contributed by atoms with Crippen molar-refractivity contribution < 1.29 is 19.4 Å².